The molecule has 4 aromatic carbocycles. The van der Waals surface area contributed by atoms with Crippen molar-refractivity contribution in [2.24, 2.45) is 10.8 Å². The summed E-state index contributed by atoms with van der Waals surface area (Å²) < 4.78 is 0. The molecule has 6 aromatic rings. The van der Waals surface area contributed by atoms with E-state index >= 15 is 0 Å². The highest BCUT2D eigenvalue weighted by molar-refractivity contribution is 6.11. The van der Waals surface area contributed by atoms with Crippen LogP contribution in [0.2, 0.25) is 0 Å². The van der Waals surface area contributed by atoms with Gasteiger partial charge < -0.3 is 5.11 Å². The molecule has 0 spiro atoms. The molecule has 0 bridgehead atoms. The third kappa shape index (κ3) is 9.27. The van der Waals surface area contributed by atoms with Crippen LogP contribution in [0.15, 0.2) is 133 Å². The molecule has 0 fully saturated rings. The molecule has 0 radical (unpaired) electrons. The van der Waals surface area contributed by atoms with E-state index in [-0.39, 0.29) is 12.2 Å². The van der Waals surface area contributed by atoms with Crippen LogP contribution in [0.5, 0.6) is 0 Å². The lowest BCUT2D eigenvalue weighted by Crippen LogP contribution is -2.36. The van der Waals surface area contributed by atoms with Crippen LogP contribution in [0.3, 0.4) is 0 Å². The molecule has 0 aliphatic rings. The number of pyridine rings is 2. The van der Waals surface area contributed by atoms with Crippen molar-refractivity contribution < 1.29 is 19.5 Å². The summed E-state index contributed by atoms with van der Waals surface area (Å²) in [4.78, 5) is 43.1. The maximum Gasteiger partial charge on any atom is 0.316 e. The molecule has 2 aromatic heterocycles. The number of hydrogen-bond acceptors (Lipinski definition) is 5. The quantitative estimate of drug-likeness (QED) is 0.185. The van der Waals surface area contributed by atoms with Gasteiger partial charge in [0.15, 0.2) is 5.78 Å². The summed E-state index contributed by atoms with van der Waals surface area (Å²) in [6.07, 6.45) is -0.317. The van der Waals surface area contributed by atoms with E-state index in [1.54, 1.807) is 20.8 Å². The Labute approximate surface area is 276 Å². The van der Waals surface area contributed by atoms with Crippen LogP contribution in [-0.2, 0) is 14.4 Å². The number of Topliss-reactive ketones (excluding diaryl/α,β-unsaturated/α-hetero) is 2. The number of aromatic nitrogens is 2. The summed E-state index contributed by atoms with van der Waals surface area (Å²) >= 11 is 0. The lowest BCUT2D eigenvalue weighted by Gasteiger charge is -2.21. The molecule has 238 valence electrons. The van der Waals surface area contributed by atoms with Gasteiger partial charge in [-0.2, -0.15) is 0 Å². The lowest BCUT2D eigenvalue weighted by molar-refractivity contribution is -0.153. The number of benzene rings is 4. The van der Waals surface area contributed by atoms with Gasteiger partial charge in [0.05, 0.1) is 28.8 Å². The predicted octanol–water partition coefficient (Wildman–Crippen LogP) is 9.48. The third-order valence-electron chi connectivity index (χ3n) is 7.73. The topological polar surface area (TPSA) is 97.2 Å². The van der Waals surface area contributed by atoms with Crippen molar-refractivity contribution >= 4 is 39.3 Å². The molecule has 47 heavy (non-hydrogen) atoms. The second-order valence-electron chi connectivity index (χ2n) is 12.7. The summed E-state index contributed by atoms with van der Waals surface area (Å²) in [5.41, 5.74) is 4.37. The number of para-hydroxylation sites is 2. The second kappa shape index (κ2) is 15.2. The molecular formula is C41H40N2O4. The summed E-state index contributed by atoms with van der Waals surface area (Å²) in [5.74, 6) is -1.98. The van der Waals surface area contributed by atoms with E-state index in [0.29, 0.717) is 0 Å². The first-order chi connectivity index (χ1) is 22.4. The van der Waals surface area contributed by atoms with Crippen molar-refractivity contribution in [3.63, 3.8) is 0 Å². The van der Waals surface area contributed by atoms with Crippen LogP contribution in [-0.4, -0.2) is 32.6 Å². The first-order valence-corrected chi connectivity index (χ1v) is 15.5. The van der Waals surface area contributed by atoms with Gasteiger partial charge in [-0.3, -0.25) is 14.4 Å². The molecule has 0 amide bonds. The fourth-order valence-electron chi connectivity index (χ4n) is 4.42. The van der Waals surface area contributed by atoms with Gasteiger partial charge in [0.1, 0.15) is 11.2 Å². The maximum absolute atomic E-state index is 11.6. The third-order valence-corrected chi connectivity index (χ3v) is 7.73. The van der Waals surface area contributed by atoms with Crippen molar-refractivity contribution in [2.75, 3.05) is 0 Å². The van der Waals surface area contributed by atoms with E-state index < -0.39 is 22.6 Å². The highest BCUT2D eigenvalue weighted by Crippen LogP contribution is 2.24. The first-order valence-electron chi connectivity index (χ1n) is 15.5. The molecule has 0 saturated heterocycles. The average Bonchev–Trinajstić information content (AvgIpc) is 3.08. The van der Waals surface area contributed by atoms with Crippen molar-refractivity contribution in [3.8, 4) is 22.5 Å². The predicted molar refractivity (Wildman–Crippen MR) is 190 cm³/mol. The Morgan fingerprint density at radius 2 is 0.894 bits per heavy atom. The number of ketones is 2. The summed E-state index contributed by atoms with van der Waals surface area (Å²) in [5, 5.41) is 11.2. The first kappa shape index (κ1) is 34.4. The number of rotatable bonds is 6. The Kier molecular flexibility index (Phi) is 11.1. The highest BCUT2D eigenvalue weighted by atomic mass is 16.4. The molecule has 6 rings (SSSR count). The zero-order valence-electron chi connectivity index (χ0n) is 27.5. The van der Waals surface area contributed by atoms with Crippen molar-refractivity contribution in [1.82, 2.24) is 9.97 Å². The molecule has 0 aliphatic carbocycles. The molecule has 1 N–H and O–H groups in total. The van der Waals surface area contributed by atoms with Crippen molar-refractivity contribution in [3.05, 3.63) is 133 Å². The molecule has 0 atom stereocenters. The standard InChI is InChI=1S/2C15H11N.C11H18O4/c2*1-2-6-12(7-3-1)15-11-10-13-8-4-5-9-14(13)16-15;1-10(2,3)7(12)6-8(13)11(4,5)9(14)15/h2*1-11H;6H2,1-5H3,(H,14,15). The van der Waals surface area contributed by atoms with E-state index in [1.807, 2.05) is 72.8 Å². The van der Waals surface area contributed by atoms with E-state index in [1.165, 1.54) is 24.6 Å². The van der Waals surface area contributed by atoms with Gasteiger partial charge in [-0.25, -0.2) is 9.97 Å². The Hall–Kier alpha value is -5.49. The van der Waals surface area contributed by atoms with Gasteiger partial charge in [-0.1, -0.05) is 130 Å². The number of carboxylic acid groups (broad SMARTS) is 1. The highest BCUT2D eigenvalue weighted by Gasteiger charge is 2.38. The monoisotopic (exact) mass is 624 g/mol. The molecule has 6 nitrogen and oxygen atoms in total. The van der Waals surface area contributed by atoms with Crippen molar-refractivity contribution in [2.45, 2.75) is 41.0 Å². The van der Waals surface area contributed by atoms with E-state index in [9.17, 15) is 14.4 Å². The Bertz CT molecular complexity index is 1860. The van der Waals surface area contributed by atoms with Gasteiger partial charge in [0, 0.05) is 27.3 Å². The van der Waals surface area contributed by atoms with Crippen LogP contribution in [0.25, 0.3) is 44.3 Å². The normalized spacial score (nSPS) is 11.1. The van der Waals surface area contributed by atoms with Crippen LogP contribution < -0.4 is 0 Å². The van der Waals surface area contributed by atoms with Gasteiger partial charge in [-0.15, -0.1) is 0 Å². The number of fused-ring (bicyclic) bond motifs is 2. The van der Waals surface area contributed by atoms with Gasteiger partial charge in [-0.05, 0) is 38.1 Å². The minimum absolute atomic E-state index is 0.234. The SMILES string of the molecule is CC(C)(C)C(=O)CC(=O)C(C)(C)C(=O)O.c1ccc(-c2ccc3ccccc3n2)cc1.c1ccc(-c2ccc3ccccc3n2)cc1. The van der Waals surface area contributed by atoms with Gasteiger partial charge >= 0.3 is 5.97 Å². The minimum Gasteiger partial charge on any atom is -0.481 e. The maximum atomic E-state index is 11.6. The van der Waals surface area contributed by atoms with Crippen molar-refractivity contribution in [1.29, 1.82) is 0 Å². The number of carboxylic acids is 1. The van der Waals surface area contributed by atoms with E-state index in [4.69, 9.17) is 5.11 Å². The molecule has 0 unspecified atom stereocenters. The Morgan fingerprint density at radius 1 is 0.511 bits per heavy atom. The van der Waals surface area contributed by atoms with E-state index in [2.05, 4.69) is 70.6 Å². The van der Waals surface area contributed by atoms with E-state index in [0.717, 1.165) is 33.5 Å². The number of carbonyl (C=O) groups excluding carboxylic acids is 2. The molecular weight excluding hydrogens is 584 g/mol. The average molecular weight is 625 g/mol. The Balaban J connectivity index is 0.000000160. The number of carbonyl (C=O) groups is 3. The zero-order chi connectivity index (χ0) is 34.0. The fraction of sp³-hybridized carbons (Fsp3) is 0.195. The number of aliphatic carboxylic acids is 1. The fourth-order valence-corrected chi connectivity index (χ4v) is 4.42. The molecule has 0 aliphatic heterocycles. The van der Waals surface area contributed by atoms with Crippen LogP contribution in [0.4, 0.5) is 0 Å². The zero-order valence-corrected chi connectivity index (χ0v) is 27.5. The second-order valence-corrected chi connectivity index (χ2v) is 12.7. The number of hydrogen-bond donors (Lipinski definition) is 1. The summed E-state index contributed by atoms with van der Waals surface area (Å²) in [6, 6.07) is 45.2. The summed E-state index contributed by atoms with van der Waals surface area (Å²) in [6.45, 7) is 7.74. The van der Waals surface area contributed by atoms with Gasteiger partial charge in [0.2, 0.25) is 0 Å². The minimum atomic E-state index is -1.49. The summed E-state index contributed by atoms with van der Waals surface area (Å²) in [7, 11) is 0. The molecule has 0 saturated carbocycles. The lowest BCUT2D eigenvalue weighted by atomic mass is 9.80. The molecule has 6 heteroatoms. The van der Waals surface area contributed by atoms with Gasteiger partial charge in [0.25, 0.3) is 0 Å². The number of nitrogens with zero attached hydrogens (tertiary/aromatic N) is 2. The molecule has 2 heterocycles. The Morgan fingerprint density at radius 3 is 1.28 bits per heavy atom. The van der Waals surface area contributed by atoms with Crippen LogP contribution >= 0.6 is 0 Å². The smallest absolute Gasteiger partial charge is 0.316 e. The largest absolute Gasteiger partial charge is 0.481 e. The van der Waals surface area contributed by atoms with Crippen LogP contribution in [0.1, 0.15) is 41.0 Å². The van der Waals surface area contributed by atoms with Crippen LogP contribution in [0, 0.1) is 10.8 Å².